The molecule has 1 aliphatic rings. The monoisotopic (exact) mass is 403 g/mol. The summed E-state index contributed by atoms with van der Waals surface area (Å²) in [4.78, 5) is 9.61. The van der Waals surface area contributed by atoms with E-state index in [1.54, 1.807) is 12.1 Å². The molecule has 0 radical (unpaired) electrons. The zero-order valence-corrected chi connectivity index (χ0v) is 15.5. The molecule has 9 nitrogen and oxygen atoms in total. The molecular weight excluding hydrogens is 384 g/mol. The number of hydrogen-bond donors (Lipinski definition) is 1. The van der Waals surface area contributed by atoms with Crippen LogP contribution < -0.4 is 19.5 Å². The number of alkyl halides is 2. The molecule has 0 spiro atoms. The van der Waals surface area contributed by atoms with Gasteiger partial charge in [-0.15, -0.1) is 0 Å². The summed E-state index contributed by atoms with van der Waals surface area (Å²) in [5, 5.41) is 5.52. The molecular formula is C15H19F2N5O4S. The molecule has 0 aliphatic carbocycles. The number of nitrogens with two attached hydrogens (primary N) is 1. The van der Waals surface area contributed by atoms with Gasteiger partial charge in [-0.25, -0.2) is 23.9 Å². The lowest BCUT2D eigenvalue weighted by molar-refractivity contribution is 0.000558. The molecule has 0 amide bonds. The third-order valence-corrected chi connectivity index (χ3v) is 5.26. The molecule has 0 atom stereocenters. The van der Waals surface area contributed by atoms with Gasteiger partial charge in [0, 0.05) is 24.5 Å². The zero-order valence-electron chi connectivity index (χ0n) is 14.7. The molecule has 1 aromatic carbocycles. The van der Waals surface area contributed by atoms with Gasteiger partial charge in [-0.3, -0.25) is 0 Å². The van der Waals surface area contributed by atoms with Gasteiger partial charge >= 0.3 is 0 Å². The topological polar surface area (TPSA) is 111 Å². The molecule has 148 valence electrons. The summed E-state index contributed by atoms with van der Waals surface area (Å²) in [5.74, 6) is -2.22. The first-order valence-corrected chi connectivity index (χ1v) is 9.42. The molecule has 0 unspecified atom stereocenters. The summed E-state index contributed by atoms with van der Waals surface area (Å²) in [6.45, 7) is -1.89. The summed E-state index contributed by atoms with van der Waals surface area (Å²) in [7, 11) is -1.30. The highest BCUT2D eigenvalue weighted by molar-refractivity contribution is 7.86. The Morgan fingerprint density at radius 3 is 2.41 bits per heavy atom. The van der Waals surface area contributed by atoms with Crippen LogP contribution in [-0.2, 0) is 10.2 Å². The summed E-state index contributed by atoms with van der Waals surface area (Å²) in [5.41, 5.74) is 0.480. The van der Waals surface area contributed by atoms with Gasteiger partial charge < -0.3 is 14.4 Å². The minimum Gasteiger partial charge on any atom is -0.493 e. The lowest BCUT2D eigenvalue weighted by atomic mass is 10.2. The van der Waals surface area contributed by atoms with Gasteiger partial charge in [0.25, 0.3) is 16.1 Å². The molecule has 1 saturated heterocycles. The van der Waals surface area contributed by atoms with Crippen molar-refractivity contribution in [1.82, 2.24) is 14.3 Å². The molecule has 2 aromatic rings. The summed E-state index contributed by atoms with van der Waals surface area (Å²) in [6.07, 6.45) is 1.25. The van der Waals surface area contributed by atoms with Crippen LogP contribution in [0.25, 0.3) is 10.9 Å². The highest BCUT2D eigenvalue weighted by Gasteiger charge is 2.40. The van der Waals surface area contributed by atoms with E-state index in [0.29, 0.717) is 26.7 Å². The van der Waals surface area contributed by atoms with E-state index in [-0.39, 0.29) is 18.9 Å². The van der Waals surface area contributed by atoms with Crippen LogP contribution in [0.1, 0.15) is 0 Å². The van der Waals surface area contributed by atoms with Crippen molar-refractivity contribution in [1.29, 1.82) is 0 Å². The molecule has 1 fully saturated rings. The van der Waals surface area contributed by atoms with E-state index >= 15 is 0 Å². The first kappa shape index (κ1) is 19.5. The standard InChI is InChI=1S/C15H19F2N5O4S/c1-25-12-5-10-11(6-13(12)26-2)19-9-20-14(10)21-3-4-22(27(18,23)24)8-15(16,17)7-21/h5-6,9H,3-4,7-8H2,1-2H3,(H2,18,23,24). The van der Waals surface area contributed by atoms with Crippen LogP contribution in [0.5, 0.6) is 11.5 Å². The predicted molar refractivity (Wildman–Crippen MR) is 94.5 cm³/mol. The Bertz CT molecular complexity index is 957. The average Bonchev–Trinajstić information content (AvgIpc) is 2.77. The SMILES string of the molecule is COc1cc2ncnc(N3CCN(S(N)(=O)=O)CC(F)(F)C3)c2cc1OC. The van der Waals surface area contributed by atoms with E-state index in [2.05, 4.69) is 9.97 Å². The number of nitrogens with zero attached hydrogens (tertiary/aromatic N) is 4. The Labute approximate surface area is 154 Å². The van der Waals surface area contributed by atoms with E-state index in [0.717, 1.165) is 0 Å². The van der Waals surface area contributed by atoms with Crippen molar-refractivity contribution in [2.75, 3.05) is 45.3 Å². The lowest BCUT2D eigenvalue weighted by Gasteiger charge is -2.25. The normalized spacial score (nSPS) is 18.3. The second-order valence-corrected chi connectivity index (χ2v) is 7.62. The van der Waals surface area contributed by atoms with E-state index in [9.17, 15) is 17.2 Å². The molecule has 3 rings (SSSR count). The maximum absolute atomic E-state index is 14.4. The van der Waals surface area contributed by atoms with Gasteiger partial charge in [0.05, 0.1) is 32.8 Å². The summed E-state index contributed by atoms with van der Waals surface area (Å²) < 4.78 is 62.8. The van der Waals surface area contributed by atoms with Crippen molar-refractivity contribution in [3.63, 3.8) is 0 Å². The Morgan fingerprint density at radius 2 is 1.78 bits per heavy atom. The van der Waals surface area contributed by atoms with Crippen molar-refractivity contribution in [3.05, 3.63) is 18.5 Å². The zero-order chi connectivity index (χ0) is 19.8. The largest absolute Gasteiger partial charge is 0.493 e. The van der Waals surface area contributed by atoms with Crippen LogP contribution in [-0.4, -0.2) is 69.0 Å². The van der Waals surface area contributed by atoms with Crippen molar-refractivity contribution < 1.29 is 26.7 Å². The number of aromatic nitrogens is 2. The number of fused-ring (bicyclic) bond motifs is 1. The van der Waals surface area contributed by atoms with E-state index < -0.39 is 29.2 Å². The molecule has 27 heavy (non-hydrogen) atoms. The fourth-order valence-corrected chi connectivity index (χ4v) is 3.70. The van der Waals surface area contributed by atoms with Gasteiger partial charge in [0.15, 0.2) is 11.5 Å². The maximum Gasteiger partial charge on any atom is 0.278 e. The second kappa shape index (κ2) is 7.02. The lowest BCUT2D eigenvalue weighted by Crippen LogP contribution is -2.44. The number of methoxy groups -OCH3 is 2. The quantitative estimate of drug-likeness (QED) is 0.796. The predicted octanol–water partition coefficient (Wildman–Crippen LogP) is 0.608. The van der Waals surface area contributed by atoms with Gasteiger partial charge in [-0.1, -0.05) is 0 Å². The number of hydrogen-bond acceptors (Lipinski definition) is 7. The highest BCUT2D eigenvalue weighted by atomic mass is 32.2. The Morgan fingerprint density at radius 1 is 1.11 bits per heavy atom. The molecule has 0 bridgehead atoms. The van der Waals surface area contributed by atoms with E-state index in [1.165, 1.54) is 25.4 Å². The Hall–Kier alpha value is -2.31. The van der Waals surface area contributed by atoms with Crippen molar-refractivity contribution in [2.45, 2.75) is 5.92 Å². The van der Waals surface area contributed by atoms with Crippen molar-refractivity contribution >= 4 is 26.9 Å². The van der Waals surface area contributed by atoms with Gasteiger partial charge in [-0.2, -0.15) is 12.7 Å². The molecule has 1 aliphatic heterocycles. The van der Waals surface area contributed by atoms with Gasteiger partial charge in [-0.05, 0) is 6.07 Å². The number of rotatable bonds is 4. The minimum atomic E-state index is -4.23. The maximum atomic E-state index is 14.4. The summed E-state index contributed by atoms with van der Waals surface area (Å²) >= 11 is 0. The van der Waals surface area contributed by atoms with Gasteiger partial charge in [0.1, 0.15) is 12.1 Å². The number of halogens is 2. The fourth-order valence-electron chi connectivity index (χ4n) is 3.00. The van der Waals surface area contributed by atoms with Crippen LogP contribution >= 0.6 is 0 Å². The summed E-state index contributed by atoms with van der Waals surface area (Å²) in [6, 6.07) is 3.22. The second-order valence-electron chi connectivity index (χ2n) is 6.08. The number of anilines is 1. The fraction of sp³-hybridized carbons (Fsp3) is 0.467. The molecule has 12 heteroatoms. The van der Waals surface area contributed by atoms with Crippen LogP contribution in [0.2, 0.25) is 0 Å². The Kier molecular flexibility index (Phi) is 5.06. The third kappa shape index (κ3) is 4.01. The van der Waals surface area contributed by atoms with Gasteiger partial charge in [0.2, 0.25) is 0 Å². The molecule has 0 saturated carbocycles. The van der Waals surface area contributed by atoms with Crippen LogP contribution in [0.15, 0.2) is 18.5 Å². The molecule has 1 aromatic heterocycles. The first-order valence-electron chi connectivity index (χ1n) is 7.92. The van der Waals surface area contributed by atoms with Crippen LogP contribution in [0.4, 0.5) is 14.6 Å². The van der Waals surface area contributed by atoms with E-state index in [4.69, 9.17) is 14.6 Å². The number of ether oxygens (including phenoxy) is 2. The highest BCUT2D eigenvalue weighted by Crippen LogP contribution is 2.35. The third-order valence-electron chi connectivity index (χ3n) is 4.23. The molecule has 2 heterocycles. The van der Waals surface area contributed by atoms with Crippen LogP contribution in [0.3, 0.4) is 0 Å². The van der Waals surface area contributed by atoms with Crippen molar-refractivity contribution in [2.24, 2.45) is 5.14 Å². The average molecular weight is 403 g/mol. The molecule has 2 N–H and O–H groups in total. The number of benzene rings is 1. The first-order chi connectivity index (χ1) is 12.6. The minimum absolute atomic E-state index is 0.00746. The smallest absolute Gasteiger partial charge is 0.278 e. The van der Waals surface area contributed by atoms with Crippen LogP contribution in [0, 0.1) is 0 Å². The van der Waals surface area contributed by atoms with E-state index in [1.807, 2.05) is 0 Å². The van der Waals surface area contributed by atoms with Crippen molar-refractivity contribution in [3.8, 4) is 11.5 Å². The Balaban J connectivity index is 2.06.